The number of thioether (sulfide) groups is 2. The Hall–Kier alpha value is -0.200. The molecule has 1 N–H and O–H groups in total. The van der Waals surface area contributed by atoms with Crippen molar-refractivity contribution < 1.29 is 4.52 Å². The molecule has 1 unspecified atom stereocenters. The molecule has 4 nitrogen and oxygen atoms in total. The molecule has 96 valence electrons. The third-order valence-electron chi connectivity index (χ3n) is 2.34. The van der Waals surface area contributed by atoms with E-state index in [0.717, 1.165) is 35.5 Å². The Bertz CT molecular complexity index is 356. The van der Waals surface area contributed by atoms with Gasteiger partial charge in [0, 0.05) is 22.8 Å². The zero-order chi connectivity index (χ0) is 12.3. The van der Waals surface area contributed by atoms with Crippen LogP contribution in [0.2, 0.25) is 0 Å². The van der Waals surface area contributed by atoms with Crippen molar-refractivity contribution >= 4 is 23.5 Å². The van der Waals surface area contributed by atoms with Crippen molar-refractivity contribution in [1.29, 1.82) is 0 Å². The number of nitrogens with zero attached hydrogens (tertiary/aromatic N) is 2. The first-order valence-corrected chi connectivity index (χ1v) is 7.96. The lowest BCUT2D eigenvalue weighted by Gasteiger charge is -2.19. The second-order valence-electron chi connectivity index (χ2n) is 5.03. The fraction of sp³-hybridized carbons (Fsp3) is 0.818. The molecule has 1 saturated heterocycles. The Morgan fingerprint density at radius 3 is 3.00 bits per heavy atom. The molecule has 1 atom stereocenters. The number of aromatic nitrogens is 2. The van der Waals surface area contributed by atoms with Crippen molar-refractivity contribution in [2.45, 2.75) is 37.3 Å². The van der Waals surface area contributed by atoms with E-state index in [4.69, 9.17) is 4.52 Å². The molecule has 0 amide bonds. The molecule has 0 aliphatic carbocycles. The molecule has 1 fully saturated rings. The van der Waals surface area contributed by atoms with Crippen LogP contribution in [0.15, 0.2) is 4.52 Å². The molecule has 1 aliphatic rings. The largest absolute Gasteiger partial charge is 0.338 e. The lowest BCUT2D eigenvalue weighted by Crippen LogP contribution is -2.30. The van der Waals surface area contributed by atoms with Gasteiger partial charge in [-0.15, -0.1) is 11.8 Å². The summed E-state index contributed by atoms with van der Waals surface area (Å²) >= 11 is 3.77. The Morgan fingerprint density at radius 2 is 2.35 bits per heavy atom. The van der Waals surface area contributed by atoms with Gasteiger partial charge in [-0.2, -0.15) is 16.7 Å². The van der Waals surface area contributed by atoms with Crippen molar-refractivity contribution in [2.24, 2.45) is 0 Å². The third kappa shape index (κ3) is 4.19. The van der Waals surface area contributed by atoms with Crippen LogP contribution in [0.5, 0.6) is 0 Å². The molecule has 17 heavy (non-hydrogen) atoms. The van der Waals surface area contributed by atoms with Crippen LogP contribution >= 0.6 is 23.5 Å². The summed E-state index contributed by atoms with van der Waals surface area (Å²) in [5.74, 6) is 4.54. The van der Waals surface area contributed by atoms with Crippen molar-refractivity contribution in [3.8, 4) is 0 Å². The summed E-state index contributed by atoms with van der Waals surface area (Å²) in [6.07, 6.45) is 0. The lowest BCUT2D eigenvalue weighted by atomic mass is 10.3. The SMILES string of the molecule is CC(C)(C)SCc1noc(C2CSCCN2)n1. The monoisotopic (exact) mass is 273 g/mol. The van der Waals surface area contributed by atoms with Crippen molar-refractivity contribution in [3.63, 3.8) is 0 Å². The Kier molecular flexibility index (Phi) is 4.38. The minimum atomic E-state index is 0.231. The van der Waals surface area contributed by atoms with Gasteiger partial charge in [0.1, 0.15) is 0 Å². The van der Waals surface area contributed by atoms with E-state index in [1.54, 1.807) is 0 Å². The van der Waals surface area contributed by atoms with Crippen molar-refractivity contribution in [2.75, 3.05) is 18.1 Å². The molecule has 2 heterocycles. The van der Waals surface area contributed by atoms with E-state index in [1.165, 1.54) is 0 Å². The van der Waals surface area contributed by atoms with Crippen LogP contribution in [0.1, 0.15) is 38.5 Å². The van der Waals surface area contributed by atoms with E-state index in [-0.39, 0.29) is 10.8 Å². The first-order valence-electron chi connectivity index (χ1n) is 5.82. The maximum Gasteiger partial charge on any atom is 0.244 e. The van der Waals surface area contributed by atoms with Crippen molar-refractivity contribution in [1.82, 2.24) is 15.5 Å². The van der Waals surface area contributed by atoms with Crippen LogP contribution in [0.4, 0.5) is 0 Å². The van der Waals surface area contributed by atoms with Gasteiger partial charge in [-0.25, -0.2) is 0 Å². The number of hydrogen-bond donors (Lipinski definition) is 1. The lowest BCUT2D eigenvalue weighted by molar-refractivity contribution is 0.339. The summed E-state index contributed by atoms with van der Waals surface area (Å²) in [5.41, 5.74) is 0. The Morgan fingerprint density at radius 1 is 1.53 bits per heavy atom. The fourth-order valence-corrected chi connectivity index (χ4v) is 3.08. The van der Waals surface area contributed by atoms with Crippen LogP contribution in [-0.4, -0.2) is 32.9 Å². The summed E-state index contributed by atoms with van der Waals surface area (Å²) in [5, 5.41) is 7.44. The normalized spacial score (nSPS) is 21.7. The average Bonchev–Trinajstić information content (AvgIpc) is 2.75. The quantitative estimate of drug-likeness (QED) is 0.913. The first kappa shape index (κ1) is 13.2. The zero-order valence-corrected chi connectivity index (χ0v) is 12.2. The predicted octanol–water partition coefficient (Wildman–Crippen LogP) is 2.48. The molecule has 0 radical (unpaired) electrons. The summed E-state index contributed by atoms with van der Waals surface area (Å²) in [4.78, 5) is 4.46. The minimum absolute atomic E-state index is 0.231. The van der Waals surface area contributed by atoms with Gasteiger partial charge < -0.3 is 9.84 Å². The molecule has 0 bridgehead atoms. The van der Waals surface area contributed by atoms with Crippen LogP contribution in [0.25, 0.3) is 0 Å². The molecule has 0 saturated carbocycles. The van der Waals surface area contributed by atoms with Gasteiger partial charge in [-0.05, 0) is 0 Å². The van der Waals surface area contributed by atoms with Gasteiger partial charge in [0.15, 0.2) is 5.82 Å². The molecule has 0 spiro atoms. The van der Waals surface area contributed by atoms with Crippen LogP contribution < -0.4 is 5.32 Å². The molecule has 6 heteroatoms. The number of rotatable bonds is 3. The zero-order valence-electron chi connectivity index (χ0n) is 10.5. The van der Waals surface area contributed by atoms with Crippen LogP contribution in [-0.2, 0) is 5.75 Å². The Balaban J connectivity index is 1.91. The van der Waals surface area contributed by atoms with Crippen molar-refractivity contribution in [3.05, 3.63) is 11.7 Å². The van der Waals surface area contributed by atoms with Gasteiger partial charge in [-0.3, -0.25) is 0 Å². The second kappa shape index (κ2) is 5.63. The summed E-state index contributed by atoms with van der Waals surface area (Å²) in [7, 11) is 0. The smallest absolute Gasteiger partial charge is 0.244 e. The number of nitrogens with one attached hydrogen (secondary N) is 1. The van der Waals surface area contributed by atoms with E-state index in [0.29, 0.717) is 0 Å². The molecule has 1 aliphatic heterocycles. The Labute approximate surface area is 111 Å². The van der Waals surface area contributed by atoms with Gasteiger partial charge in [0.25, 0.3) is 0 Å². The van der Waals surface area contributed by atoms with E-state index in [9.17, 15) is 0 Å². The molecule has 0 aromatic carbocycles. The van der Waals surface area contributed by atoms with Gasteiger partial charge >= 0.3 is 0 Å². The third-order valence-corrected chi connectivity index (χ3v) is 4.67. The fourth-order valence-electron chi connectivity index (χ4n) is 1.47. The predicted molar refractivity (Wildman–Crippen MR) is 73.4 cm³/mol. The highest BCUT2D eigenvalue weighted by Crippen LogP contribution is 2.27. The van der Waals surface area contributed by atoms with Gasteiger partial charge in [-0.1, -0.05) is 25.9 Å². The van der Waals surface area contributed by atoms with Gasteiger partial charge in [0.2, 0.25) is 5.89 Å². The van der Waals surface area contributed by atoms with E-state index >= 15 is 0 Å². The maximum atomic E-state index is 5.32. The van der Waals surface area contributed by atoms with Crippen LogP contribution in [0, 0.1) is 0 Å². The second-order valence-corrected chi connectivity index (χ2v) is 7.98. The molecular weight excluding hydrogens is 254 g/mol. The van der Waals surface area contributed by atoms with Gasteiger partial charge in [0.05, 0.1) is 11.8 Å². The van der Waals surface area contributed by atoms with E-state index in [1.807, 2.05) is 23.5 Å². The molecule has 1 aromatic rings. The highest BCUT2D eigenvalue weighted by molar-refractivity contribution is 7.99. The van der Waals surface area contributed by atoms with E-state index < -0.39 is 0 Å². The molecule has 2 rings (SSSR count). The standard InChI is InChI=1S/C11H19N3OS2/c1-11(2,3)17-7-9-13-10(15-14-9)8-6-16-5-4-12-8/h8,12H,4-7H2,1-3H3. The summed E-state index contributed by atoms with van der Waals surface area (Å²) < 4.78 is 5.55. The highest BCUT2D eigenvalue weighted by atomic mass is 32.2. The topological polar surface area (TPSA) is 51.0 Å². The molecular formula is C11H19N3OS2. The van der Waals surface area contributed by atoms with Crippen LogP contribution in [0.3, 0.4) is 0 Å². The highest BCUT2D eigenvalue weighted by Gasteiger charge is 2.21. The average molecular weight is 273 g/mol. The van der Waals surface area contributed by atoms with E-state index in [2.05, 4.69) is 36.2 Å². The number of hydrogen-bond acceptors (Lipinski definition) is 6. The summed E-state index contributed by atoms with van der Waals surface area (Å²) in [6, 6.07) is 0.231. The minimum Gasteiger partial charge on any atom is -0.338 e. The summed E-state index contributed by atoms with van der Waals surface area (Å²) in [6.45, 7) is 7.60. The maximum absolute atomic E-state index is 5.32. The first-order chi connectivity index (χ1) is 8.04. The molecule has 1 aromatic heterocycles.